The van der Waals surface area contributed by atoms with E-state index in [4.69, 9.17) is 0 Å². The van der Waals surface area contributed by atoms with Crippen LogP contribution < -0.4 is 5.32 Å². The van der Waals surface area contributed by atoms with Crippen LogP contribution in [0, 0.1) is 10.5 Å². The molecule has 0 aromatic heterocycles. The lowest BCUT2D eigenvalue weighted by Gasteiger charge is -2.21. The first-order valence-electron chi connectivity index (χ1n) is 5.91. The zero-order valence-corrected chi connectivity index (χ0v) is 14.0. The molecule has 1 aliphatic rings. The van der Waals surface area contributed by atoms with Crippen molar-refractivity contribution in [2.75, 3.05) is 23.8 Å². The fourth-order valence-corrected chi connectivity index (χ4v) is 5.00. The second-order valence-electron chi connectivity index (χ2n) is 4.21. The third-order valence-corrected chi connectivity index (χ3v) is 7.09. The van der Waals surface area contributed by atoms with Crippen molar-refractivity contribution in [3.8, 4) is 0 Å². The Morgan fingerprint density at radius 2 is 2.33 bits per heavy atom. The SMILES string of the molecule is Cc1cccc(C(=O)NCC2CSCCS2)c1I. The van der Waals surface area contributed by atoms with E-state index in [2.05, 4.69) is 27.9 Å². The van der Waals surface area contributed by atoms with Gasteiger partial charge in [-0.2, -0.15) is 23.5 Å². The summed E-state index contributed by atoms with van der Waals surface area (Å²) >= 11 is 6.20. The predicted octanol–water partition coefficient (Wildman–Crippen LogP) is 3.18. The Morgan fingerprint density at radius 3 is 3.06 bits per heavy atom. The van der Waals surface area contributed by atoms with E-state index in [1.54, 1.807) is 0 Å². The second-order valence-corrected chi connectivity index (χ2v) is 7.85. The van der Waals surface area contributed by atoms with E-state index in [9.17, 15) is 4.79 Å². The summed E-state index contributed by atoms with van der Waals surface area (Å²) in [6.45, 7) is 2.81. The van der Waals surface area contributed by atoms with Gasteiger partial charge in [0.25, 0.3) is 5.91 Å². The molecular weight excluding hydrogens is 377 g/mol. The minimum absolute atomic E-state index is 0.0549. The Hall–Kier alpha value is 0.120. The molecule has 0 radical (unpaired) electrons. The molecule has 1 N–H and O–H groups in total. The van der Waals surface area contributed by atoms with Crippen molar-refractivity contribution in [1.29, 1.82) is 0 Å². The number of aryl methyl sites for hydroxylation is 1. The Labute approximate surface area is 130 Å². The second kappa shape index (κ2) is 7.05. The summed E-state index contributed by atoms with van der Waals surface area (Å²) in [6, 6.07) is 5.87. The molecule has 2 rings (SSSR count). The summed E-state index contributed by atoms with van der Waals surface area (Å²) in [4.78, 5) is 12.1. The van der Waals surface area contributed by atoms with Crippen LogP contribution in [-0.4, -0.2) is 35.0 Å². The predicted molar refractivity (Wildman–Crippen MR) is 89.8 cm³/mol. The highest BCUT2D eigenvalue weighted by molar-refractivity contribution is 14.1. The van der Waals surface area contributed by atoms with Gasteiger partial charge in [0.1, 0.15) is 0 Å². The van der Waals surface area contributed by atoms with Crippen LogP contribution in [-0.2, 0) is 0 Å². The van der Waals surface area contributed by atoms with Crippen LogP contribution in [0.2, 0.25) is 0 Å². The monoisotopic (exact) mass is 393 g/mol. The molecule has 1 fully saturated rings. The highest BCUT2D eigenvalue weighted by Crippen LogP contribution is 2.23. The summed E-state index contributed by atoms with van der Waals surface area (Å²) in [6.07, 6.45) is 0. The summed E-state index contributed by atoms with van der Waals surface area (Å²) in [5, 5.41) is 3.62. The molecule has 18 heavy (non-hydrogen) atoms. The Bertz CT molecular complexity index is 433. The van der Waals surface area contributed by atoms with Gasteiger partial charge in [-0.3, -0.25) is 4.79 Å². The van der Waals surface area contributed by atoms with E-state index in [0.29, 0.717) is 5.25 Å². The summed E-state index contributed by atoms with van der Waals surface area (Å²) in [5.41, 5.74) is 1.95. The Morgan fingerprint density at radius 1 is 1.50 bits per heavy atom. The molecule has 0 spiro atoms. The van der Waals surface area contributed by atoms with Gasteiger partial charge < -0.3 is 5.32 Å². The standard InChI is InChI=1S/C13H16INOS2/c1-9-3-2-4-11(12(9)14)13(16)15-7-10-8-17-5-6-18-10/h2-4,10H,5-8H2,1H3,(H,15,16). The first-order valence-corrected chi connectivity index (χ1v) is 9.19. The van der Waals surface area contributed by atoms with Gasteiger partial charge in [0.15, 0.2) is 0 Å². The molecule has 0 saturated carbocycles. The van der Waals surface area contributed by atoms with E-state index < -0.39 is 0 Å². The maximum absolute atomic E-state index is 12.1. The van der Waals surface area contributed by atoms with Gasteiger partial charge in [-0.05, 0) is 41.1 Å². The Kier molecular flexibility index (Phi) is 5.69. The molecule has 1 unspecified atom stereocenters. The fraction of sp³-hybridized carbons (Fsp3) is 0.462. The highest BCUT2D eigenvalue weighted by Gasteiger charge is 2.16. The van der Waals surface area contributed by atoms with E-state index >= 15 is 0 Å². The van der Waals surface area contributed by atoms with E-state index in [-0.39, 0.29) is 5.91 Å². The van der Waals surface area contributed by atoms with E-state index in [1.807, 2.05) is 48.6 Å². The topological polar surface area (TPSA) is 29.1 Å². The van der Waals surface area contributed by atoms with Crippen LogP contribution in [0.1, 0.15) is 15.9 Å². The van der Waals surface area contributed by atoms with Gasteiger partial charge in [0, 0.05) is 32.6 Å². The molecule has 1 heterocycles. The number of hydrogen-bond donors (Lipinski definition) is 1. The molecule has 5 heteroatoms. The van der Waals surface area contributed by atoms with Gasteiger partial charge >= 0.3 is 0 Å². The third kappa shape index (κ3) is 3.81. The van der Waals surface area contributed by atoms with Crippen LogP contribution in [0.15, 0.2) is 18.2 Å². The van der Waals surface area contributed by atoms with Gasteiger partial charge in [-0.15, -0.1) is 0 Å². The first-order chi connectivity index (χ1) is 8.68. The van der Waals surface area contributed by atoms with Crippen LogP contribution in [0.25, 0.3) is 0 Å². The largest absolute Gasteiger partial charge is 0.351 e. The van der Waals surface area contributed by atoms with Crippen molar-refractivity contribution >= 4 is 52.0 Å². The number of rotatable bonds is 3. The minimum atomic E-state index is 0.0549. The molecule has 1 aliphatic heterocycles. The number of halogens is 1. The molecule has 98 valence electrons. The lowest BCUT2D eigenvalue weighted by molar-refractivity contribution is 0.0953. The molecule has 1 amide bonds. The molecule has 1 aromatic carbocycles. The zero-order valence-electron chi connectivity index (χ0n) is 10.2. The Balaban J connectivity index is 1.93. The lowest BCUT2D eigenvalue weighted by atomic mass is 10.1. The normalized spacial score (nSPS) is 19.6. The minimum Gasteiger partial charge on any atom is -0.351 e. The number of carbonyl (C=O) groups is 1. The number of carbonyl (C=O) groups excluding carboxylic acids is 1. The van der Waals surface area contributed by atoms with Crippen molar-refractivity contribution in [3.05, 3.63) is 32.9 Å². The van der Waals surface area contributed by atoms with E-state index in [1.165, 1.54) is 11.5 Å². The smallest absolute Gasteiger partial charge is 0.252 e. The number of amides is 1. The number of benzene rings is 1. The van der Waals surface area contributed by atoms with E-state index in [0.717, 1.165) is 27.0 Å². The van der Waals surface area contributed by atoms with Crippen LogP contribution in [0.3, 0.4) is 0 Å². The number of thioether (sulfide) groups is 2. The average Bonchev–Trinajstić information content (AvgIpc) is 2.40. The lowest BCUT2D eigenvalue weighted by Crippen LogP contribution is -2.33. The van der Waals surface area contributed by atoms with Crippen molar-refractivity contribution in [3.63, 3.8) is 0 Å². The molecule has 2 nitrogen and oxygen atoms in total. The van der Waals surface area contributed by atoms with Gasteiger partial charge in [-0.1, -0.05) is 12.1 Å². The zero-order chi connectivity index (χ0) is 13.0. The summed E-state index contributed by atoms with van der Waals surface area (Å²) in [5.74, 6) is 3.65. The van der Waals surface area contributed by atoms with Gasteiger partial charge in [0.2, 0.25) is 0 Å². The molecule has 0 aliphatic carbocycles. The quantitative estimate of drug-likeness (QED) is 0.800. The maximum atomic E-state index is 12.1. The molecule has 0 bridgehead atoms. The summed E-state index contributed by atoms with van der Waals surface area (Å²) < 4.78 is 1.05. The summed E-state index contributed by atoms with van der Waals surface area (Å²) in [7, 11) is 0. The van der Waals surface area contributed by atoms with Crippen molar-refractivity contribution in [2.24, 2.45) is 0 Å². The molecular formula is C13H16INOS2. The van der Waals surface area contributed by atoms with Gasteiger partial charge in [0.05, 0.1) is 5.56 Å². The fourth-order valence-electron chi connectivity index (χ4n) is 1.78. The molecule has 1 atom stereocenters. The van der Waals surface area contributed by atoms with Crippen LogP contribution in [0.4, 0.5) is 0 Å². The van der Waals surface area contributed by atoms with Crippen LogP contribution in [0.5, 0.6) is 0 Å². The number of nitrogens with one attached hydrogen (secondary N) is 1. The molecule has 1 saturated heterocycles. The third-order valence-electron chi connectivity index (χ3n) is 2.81. The number of hydrogen-bond acceptors (Lipinski definition) is 3. The van der Waals surface area contributed by atoms with Gasteiger partial charge in [-0.25, -0.2) is 0 Å². The molecule has 1 aromatic rings. The first kappa shape index (κ1) is 14.5. The van der Waals surface area contributed by atoms with Crippen molar-refractivity contribution < 1.29 is 4.79 Å². The van der Waals surface area contributed by atoms with Crippen LogP contribution >= 0.6 is 46.1 Å². The highest BCUT2D eigenvalue weighted by atomic mass is 127. The average molecular weight is 393 g/mol. The van der Waals surface area contributed by atoms with Crippen molar-refractivity contribution in [2.45, 2.75) is 12.2 Å². The maximum Gasteiger partial charge on any atom is 0.252 e. The van der Waals surface area contributed by atoms with Crippen molar-refractivity contribution in [1.82, 2.24) is 5.32 Å².